The van der Waals surface area contributed by atoms with Gasteiger partial charge in [0.15, 0.2) is 5.69 Å². The molecule has 2 rings (SSSR count). The van der Waals surface area contributed by atoms with Crippen LogP contribution in [0.5, 0.6) is 5.75 Å². The van der Waals surface area contributed by atoms with Crippen LogP contribution in [0.25, 0.3) is 4.85 Å². The largest absolute Gasteiger partial charge is 0.485 e. The molecule has 0 spiro atoms. The van der Waals surface area contributed by atoms with Crippen LogP contribution in [-0.4, -0.2) is 16.8 Å². The molecule has 1 N–H and O–H groups in total. The summed E-state index contributed by atoms with van der Waals surface area (Å²) >= 11 is 0. The predicted molar refractivity (Wildman–Crippen MR) is 61.8 cm³/mol. The van der Waals surface area contributed by atoms with Crippen molar-refractivity contribution < 1.29 is 9.84 Å². The van der Waals surface area contributed by atoms with Gasteiger partial charge >= 0.3 is 0 Å². The summed E-state index contributed by atoms with van der Waals surface area (Å²) in [7, 11) is 0. The van der Waals surface area contributed by atoms with Crippen LogP contribution in [0.4, 0.5) is 5.69 Å². The van der Waals surface area contributed by atoms with Crippen molar-refractivity contribution in [2.45, 2.75) is 38.4 Å². The first-order chi connectivity index (χ1) is 7.45. The van der Waals surface area contributed by atoms with Crippen molar-refractivity contribution in [3.05, 3.63) is 35.2 Å². The van der Waals surface area contributed by atoms with Crippen LogP contribution in [0.3, 0.4) is 0 Å². The molecule has 0 aliphatic carbocycles. The maximum absolute atomic E-state index is 10.1. The van der Waals surface area contributed by atoms with Crippen LogP contribution in [-0.2, 0) is 0 Å². The van der Waals surface area contributed by atoms with E-state index in [2.05, 4.69) is 4.85 Å². The minimum absolute atomic E-state index is 0.0135. The molecule has 3 nitrogen and oxygen atoms in total. The van der Waals surface area contributed by atoms with Crippen LogP contribution in [0.15, 0.2) is 18.2 Å². The Balaban J connectivity index is 2.52. The third kappa shape index (κ3) is 1.56. The molecule has 0 saturated heterocycles. The Morgan fingerprint density at radius 3 is 2.75 bits per heavy atom. The van der Waals surface area contributed by atoms with E-state index >= 15 is 0 Å². The van der Waals surface area contributed by atoms with Crippen LogP contribution < -0.4 is 4.74 Å². The maximum atomic E-state index is 10.1. The fourth-order valence-electron chi connectivity index (χ4n) is 2.17. The van der Waals surface area contributed by atoms with E-state index in [4.69, 9.17) is 11.3 Å². The van der Waals surface area contributed by atoms with Gasteiger partial charge in [-0.25, -0.2) is 4.85 Å². The maximum Gasteiger partial charge on any atom is 0.187 e. The van der Waals surface area contributed by atoms with Gasteiger partial charge in [0.25, 0.3) is 0 Å². The molecule has 1 aliphatic rings. The summed E-state index contributed by atoms with van der Waals surface area (Å²) in [6.45, 7) is 12.7. The summed E-state index contributed by atoms with van der Waals surface area (Å²) in [6.07, 6.45) is -0.555. The average molecular weight is 217 g/mol. The standard InChI is InChI=1S/C13H15NO2/c1-8-10-7-9(14-4)5-6-11(10)16-13(2,3)12(8)15/h5-8,12,15H,1-3H3/t8-,12?/m1/s1. The van der Waals surface area contributed by atoms with E-state index in [1.54, 1.807) is 12.1 Å². The van der Waals surface area contributed by atoms with Gasteiger partial charge in [-0.1, -0.05) is 13.0 Å². The molecular formula is C13H15NO2. The number of rotatable bonds is 0. The second-order valence-corrected chi connectivity index (χ2v) is 4.77. The molecule has 1 unspecified atom stereocenters. The number of ether oxygens (including phenoxy) is 1. The lowest BCUT2D eigenvalue weighted by Gasteiger charge is -2.41. The Morgan fingerprint density at radius 2 is 2.12 bits per heavy atom. The van der Waals surface area contributed by atoms with Crippen molar-refractivity contribution >= 4 is 5.69 Å². The molecule has 84 valence electrons. The fourth-order valence-corrected chi connectivity index (χ4v) is 2.17. The molecule has 2 atom stereocenters. The number of fused-ring (bicyclic) bond motifs is 1. The molecule has 1 aromatic rings. The van der Waals surface area contributed by atoms with E-state index in [9.17, 15) is 5.11 Å². The zero-order valence-corrected chi connectivity index (χ0v) is 9.69. The fraction of sp³-hybridized carbons (Fsp3) is 0.462. The molecule has 16 heavy (non-hydrogen) atoms. The Hall–Kier alpha value is -1.53. The lowest BCUT2D eigenvalue weighted by Crippen LogP contribution is -2.47. The predicted octanol–water partition coefficient (Wildman–Crippen LogP) is 2.87. The molecule has 0 aromatic heterocycles. The second-order valence-electron chi connectivity index (χ2n) is 4.77. The van der Waals surface area contributed by atoms with E-state index < -0.39 is 11.7 Å². The first-order valence-electron chi connectivity index (χ1n) is 5.34. The monoisotopic (exact) mass is 217 g/mol. The van der Waals surface area contributed by atoms with E-state index in [1.165, 1.54) is 0 Å². The van der Waals surface area contributed by atoms with Crippen LogP contribution >= 0.6 is 0 Å². The highest BCUT2D eigenvalue weighted by Gasteiger charge is 2.40. The number of hydrogen-bond donors (Lipinski definition) is 1. The van der Waals surface area contributed by atoms with Gasteiger partial charge in [-0.05, 0) is 31.5 Å². The Bertz CT molecular complexity index is 459. The lowest BCUT2D eigenvalue weighted by molar-refractivity contribution is -0.0549. The summed E-state index contributed by atoms with van der Waals surface area (Å²) in [5.74, 6) is 0.760. The molecule has 0 saturated carbocycles. The summed E-state index contributed by atoms with van der Waals surface area (Å²) in [6, 6.07) is 5.35. The molecule has 0 fully saturated rings. The van der Waals surface area contributed by atoms with E-state index in [0.717, 1.165) is 11.3 Å². The van der Waals surface area contributed by atoms with Crippen molar-refractivity contribution in [1.82, 2.24) is 0 Å². The van der Waals surface area contributed by atoms with Crippen molar-refractivity contribution in [1.29, 1.82) is 0 Å². The molecule has 1 heterocycles. The molecule has 0 bridgehead atoms. The van der Waals surface area contributed by atoms with E-state index in [0.29, 0.717) is 5.69 Å². The number of aliphatic hydroxyl groups excluding tert-OH is 1. The molecule has 1 aromatic carbocycles. The summed E-state index contributed by atoms with van der Waals surface area (Å²) in [5.41, 5.74) is 0.924. The highest BCUT2D eigenvalue weighted by atomic mass is 16.5. The Labute approximate surface area is 95.5 Å². The van der Waals surface area contributed by atoms with Gasteiger partial charge in [-0.2, -0.15) is 0 Å². The number of aliphatic hydroxyl groups is 1. The van der Waals surface area contributed by atoms with E-state index in [-0.39, 0.29) is 5.92 Å². The quantitative estimate of drug-likeness (QED) is 0.678. The molecule has 1 aliphatic heterocycles. The van der Waals surface area contributed by atoms with Gasteiger partial charge in [0.05, 0.1) is 12.7 Å². The third-order valence-corrected chi connectivity index (χ3v) is 3.17. The first-order valence-corrected chi connectivity index (χ1v) is 5.34. The van der Waals surface area contributed by atoms with Crippen molar-refractivity contribution in [2.24, 2.45) is 0 Å². The highest BCUT2D eigenvalue weighted by Crippen LogP contribution is 2.42. The smallest absolute Gasteiger partial charge is 0.187 e. The molecule has 0 radical (unpaired) electrons. The summed E-state index contributed by atoms with van der Waals surface area (Å²) < 4.78 is 5.75. The first kappa shape index (κ1) is 11.0. The number of nitrogens with zero attached hydrogens (tertiary/aromatic N) is 1. The lowest BCUT2D eigenvalue weighted by atomic mass is 9.82. The zero-order valence-electron chi connectivity index (χ0n) is 9.69. The highest BCUT2D eigenvalue weighted by molar-refractivity contribution is 5.54. The van der Waals surface area contributed by atoms with E-state index in [1.807, 2.05) is 26.8 Å². The molecule has 0 amide bonds. The summed E-state index contributed by atoms with van der Waals surface area (Å²) in [4.78, 5) is 3.39. The molecule has 3 heteroatoms. The topological polar surface area (TPSA) is 33.8 Å². The Morgan fingerprint density at radius 1 is 1.44 bits per heavy atom. The van der Waals surface area contributed by atoms with Gasteiger partial charge in [0.2, 0.25) is 0 Å². The minimum Gasteiger partial charge on any atom is -0.485 e. The van der Waals surface area contributed by atoms with Crippen molar-refractivity contribution in [3.8, 4) is 5.75 Å². The normalized spacial score (nSPS) is 26.4. The third-order valence-electron chi connectivity index (χ3n) is 3.17. The van der Waals surface area contributed by atoms with Gasteiger partial charge in [-0.15, -0.1) is 0 Å². The number of benzene rings is 1. The van der Waals surface area contributed by atoms with Crippen molar-refractivity contribution in [2.75, 3.05) is 0 Å². The minimum atomic E-state index is -0.577. The van der Waals surface area contributed by atoms with Crippen LogP contribution in [0.2, 0.25) is 0 Å². The van der Waals surface area contributed by atoms with Crippen LogP contribution in [0, 0.1) is 6.57 Å². The van der Waals surface area contributed by atoms with Gasteiger partial charge < -0.3 is 9.84 Å². The second kappa shape index (κ2) is 3.50. The van der Waals surface area contributed by atoms with Gasteiger partial charge in [0, 0.05) is 5.92 Å². The Kier molecular flexibility index (Phi) is 2.40. The average Bonchev–Trinajstić information content (AvgIpc) is 2.25. The summed E-state index contributed by atoms with van der Waals surface area (Å²) in [5, 5.41) is 10.1. The van der Waals surface area contributed by atoms with Gasteiger partial charge in [0.1, 0.15) is 11.4 Å². The molecular weight excluding hydrogens is 202 g/mol. The van der Waals surface area contributed by atoms with Crippen LogP contribution in [0.1, 0.15) is 32.3 Å². The van der Waals surface area contributed by atoms with Gasteiger partial charge in [-0.3, -0.25) is 0 Å². The number of hydrogen-bond acceptors (Lipinski definition) is 2. The van der Waals surface area contributed by atoms with Crippen molar-refractivity contribution in [3.63, 3.8) is 0 Å². The SMILES string of the molecule is [C-]#[N+]c1ccc2c(c1)[C@@H](C)C(O)C(C)(C)O2. The zero-order chi connectivity index (χ0) is 11.9.